The second-order valence-corrected chi connectivity index (χ2v) is 6.79. The first-order chi connectivity index (χ1) is 10.3. The van der Waals surface area contributed by atoms with E-state index < -0.39 is 6.10 Å². The zero-order valence-corrected chi connectivity index (χ0v) is 13.4. The van der Waals surface area contributed by atoms with Crippen molar-refractivity contribution in [1.29, 1.82) is 0 Å². The molecule has 0 aliphatic carbocycles. The third-order valence-electron chi connectivity index (χ3n) is 3.97. The first-order valence-corrected chi connectivity index (χ1v) is 7.66. The summed E-state index contributed by atoms with van der Waals surface area (Å²) in [7, 11) is 0. The Hall–Kier alpha value is -1.88. The summed E-state index contributed by atoms with van der Waals surface area (Å²) in [4.78, 5) is 25.5. The maximum Gasteiger partial charge on any atom is 0.251 e. The van der Waals surface area contributed by atoms with Crippen LogP contribution in [0.1, 0.15) is 44.0 Å². The molecule has 5 heteroatoms. The van der Waals surface area contributed by atoms with Crippen molar-refractivity contribution in [2.45, 2.75) is 39.7 Å². The number of nitrogens with one attached hydrogen (secondary N) is 1. The lowest BCUT2D eigenvalue weighted by atomic mass is 9.89. The monoisotopic (exact) mass is 304 g/mol. The molecule has 0 saturated carbocycles. The van der Waals surface area contributed by atoms with Gasteiger partial charge in [-0.25, -0.2) is 0 Å². The fourth-order valence-corrected chi connectivity index (χ4v) is 2.31. The average Bonchev–Trinajstić information content (AvgIpc) is 2.89. The van der Waals surface area contributed by atoms with Crippen LogP contribution in [0.4, 0.5) is 5.69 Å². The lowest BCUT2D eigenvalue weighted by Gasteiger charge is -2.25. The highest BCUT2D eigenvalue weighted by Gasteiger charge is 2.23. The quantitative estimate of drug-likeness (QED) is 0.893. The molecular formula is C17H24N2O3. The minimum Gasteiger partial charge on any atom is -0.391 e. The maximum atomic E-state index is 12.1. The Bertz CT molecular complexity index is 546. The zero-order chi connectivity index (χ0) is 16.3. The average molecular weight is 304 g/mol. The fourth-order valence-electron chi connectivity index (χ4n) is 2.31. The van der Waals surface area contributed by atoms with E-state index in [2.05, 4.69) is 5.32 Å². The van der Waals surface area contributed by atoms with Crippen LogP contribution >= 0.6 is 0 Å². The van der Waals surface area contributed by atoms with E-state index >= 15 is 0 Å². The second-order valence-electron chi connectivity index (χ2n) is 6.79. The number of benzene rings is 1. The Balaban J connectivity index is 1.95. The predicted octanol–water partition coefficient (Wildman–Crippen LogP) is 1.95. The number of rotatable bonds is 4. The molecule has 0 aromatic heterocycles. The molecule has 0 spiro atoms. The Morgan fingerprint density at radius 2 is 1.95 bits per heavy atom. The molecule has 1 aromatic rings. The summed E-state index contributed by atoms with van der Waals surface area (Å²) >= 11 is 0. The number of aliphatic hydroxyl groups is 1. The predicted molar refractivity (Wildman–Crippen MR) is 85.8 cm³/mol. The van der Waals surface area contributed by atoms with Crippen LogP contribution in [-0.4, -0.2) is 36.1 Å². The van der Waals surface area contributed by atoms with Crippen molar-refractivity contribution in [2.75, 3.05) is 18.0 Å². The molecule has 5 nitrogen and oxygen atoms in total. The Morgan fingerprint density at radius 3 is 2.45 bits per heavy atom. The van der Waals surface area contributed by atoms with Crippen molar-refractivity contribution < 1.29 is 14.7 Å². The minimum absolute atomic E-state index is 0.130. The lowest BCUT2D eigenvalue weighted by molar-refractivity contribution is -0.117. The highest BCUT2D eigenvalue weighted by Crippen LogP contribution is 2.22. The van der Waals surface area contributed by atoms with Gasteiger partial charge in [0.25, 0.3) is 5.91 Å². The molecule has 2 N–H and O–H groups in total. The summed E-state index contributed by atoms with van der Waals surface area (Å²) in [6.07, 6.45) is 0.872. The van der Waals surface area contributed by atoms with Crippen molar-refractivity contribution in [2.24, 2.45) is 5.41 Å². The number of carbonyl (C=O) groups excluding carboxylic acids is 2. The van der Waals surface area contributed by atoms with Gasteiger partial charge >= 0.3 is 0 Å². The summed E-state index contributed by atoms with van der Waals surface area (Å²) in [5.74, 6) is -0.0897. The Labute approximate surface area is 131 Å². The number of amides is 2. The number of carbonyl (C=O) groups is 2. The van der Waals surface area contributed by atoms with Crippen LogP contribution < -0.4 is 10.2 Å². The number of hydrogen-bond acceptors (Lipinski definition) is 3. The van der Waals surface area contributed by atoms with Crippen LogP contribution in [0.25, 0.3) is 0 Å². The molecule has 1 saturated heterocycles. The van der Waals surface area contributed by atoms with Crippen LogP contribution in [0.15, 0.2) is 24.3 Å². The number of hydrogen-bond donors (Lipinski definition) is 2. The molecule has 1 aliphatic rings. The standard InChI is InChI=1S/C17H24N2O3/c1-17(2,3)14(20)11-18-16(22)12-6-8-13(9-7-12)19-10-4-5-15(19)21/h6-9,14,20H,4-5,10-11H2,1-3H3,(H,18,22). The van der Waals surface area contributed by atoms with Gasteiger partial charge in [0.2, 0.25) is 5.91 Å². The van der Waals surface area contributed by atoms with E-state index in [1.807, 2.05) is 20.8 Å². The van der Waals surface area contributed by atoms with Gasteiger partial charge in [0.1, 0.15) is 0 Å². The smallest absolute Gasteiger partial charge is 0.251 e. The molecule has 2 rings (SSSR count). The second kappa shape index (κ2) is 6.48. The third-order valence-corrected chi connectivity index (χ3v) is 3.97. The van der Waals surface area contributed by atoms with E-state index in [9.17, 15) is 14.7 Å². The molecular weight excluding hydrogens is 280 g/mol. The normalized spacial score (nSPS) is 16.7. The first kappa shape index (κ1) is 16.5. The summed E-state index contributed by atoms with van der Waals surface area (Å²) < 4.78 is 0. The van der Waals surface area contributed by atoms with E-state index in [4.69, 9.17) is 0 Å². The highest BCUT2D eigenvalue weighted by molar-refractivity contribution is 5.97. The van der Waals surface area contributed by atoms with Gasteiger partial charge in [-0.1, -0.05) is 20.8 Å². The van der Waals surface area contributed by atoms with Crippen LogP contribution in [0.2, 0.25) is 0 Å². The zero-order valence-electron chi connectivity index (χ0n) is 13.4. The molecule has 1 heterocycles. The summed E-state index contributed by atoms with van der Waals surface area (Å²) in [5.41, 5.74) is 1.08. The van der Waals surface area contributed by atoms with Gasteiger partial charge < -0.3 is 15.3 Å². The van der Waals surface area contributed by atoms with Crippen molar-refractivity contribution in [3.05, 3.63) is 29.8 Å². The Morgan fingerprint density at radius 1 is 1.32 bits per heavy atom. The SMILES string of the molecule is CC(C)(C)C(O)CNC(=O)c1ccc(N2CCCC2=O)cc1. The van der Waals surface area contributed by atoms with Gasteiger partial charge in [-0.15, -0.1) is 0 Å². The fraction of sp³-hybridized carbons (Fsp3) is 0.529. The maximum absolute atomic E-state index is 12.1. The van der Waals surface area contributed by atoms with Crippen molar-refractivity contribution in [3.8, 4) is 0 Å². The molecule has 0 bridgehead atoms. The van der Waals surface area contributed by atoms with E-state index in [-0.39, 0.29) is 23.8 Å². The third kappa shape index (κ3) is 3.85. The van der Waals surface area contributed by atoms with Gasteiger partial charge in [-0.2, -0.15) is 0 Å². The number of nitrogens with zero attached hydrogens (tertiary/aromatic N) is 1. The van der Waals surface area contributed by atoms with Crippen molar-refractivity contribution >= 4 is 17.5 Å². The molecule has 1 aromatic carbocycles. The van der Waals surface area contributed by atoms with Crippen LogP contribution in [0.5, 0.6) is 0 Å². The van der Waals surface area contributed by atoms with E-state index in [0.29, 0.717) is 12.0 Å². The largest absolute Gasteiger partial charge is 0.391 e. The highest BCUT2D eigenvalue weighted by atomic mass is 16.3. The van der Waals surface area contributed by atoms with Crippen molar-refractivity contribution in [1.82, 2.24) is 5.32 Å². The van der Waals surface area contributed by atoms with E-state index in [1.54, 1.807) is 29.2 Å². The topological polar surface area (TPSA) is 69.6 Å². The first-order valence-electron chi connectivity index (χ1n) is 7.66. The van der Waals surface area contributed by atoms with Crippen LogP contribution in [-0.2, 0) is 4.79 Å². The molecule has 1 aliphatic heterocycles. The lowest BCUT2D eigenvalue weighted by Crippen LogP contribution is -2.39. The minimum atomic E-state index is -0.599. The van der Waals surface area contributed by atoms with Gasteiger partial charge in [-0.05, 0) is 36.1 Å². The van der Waals surface area contributed by atoms with E-state index in [1.165, 1.54) is 0 Å². The number of aliphatic hydroxyl groups excluding tert-OH is 1. The van der Waals surface area contributed by atoms with Crippen LogP contribution in [0.3, 0.4) is 0 Å². The van der Waals surface area contributed by atoms with Gasteiger partial charge in [0.15, 0.2) is 0 Å². The summed E-state index contributed by atoms with van der Waals surface area (Å²) in [6, 6.07) is 7.00. The molecule has 120 valence electrons. The summed E-state index contributed by atoms with van der Waals surface area (Å²) in [5, 5.41) is 12.7. The van der Waals surface area contributed by atoms with Gasteiger partial charge in [0, 0.05) is 30.8 Å². The van der Waals surface area contributed by atoms with Gasteiger partial charge in [-0.3, -0.25) is 9.59 Å². The van der Waals surface area contributed by atoms with Gasteiger partial charge in [0.05, 0.1) is 6.10 Å². The molecule has 22 heavy (non-hydrogen) atoms. The molecule has 1 atom stereocenters. The number of anilines is 1. The van der Waals surface area contributed by atoms with E-state index in [0.717, 1.165) is 18.7 Å². The molecule has 1 fully saturated rings. The molecule has 2 amide bonds. The van der Waals surface area contributed by atoms with Crippen LogP contribution in [0, 0.1) is 5.41 Å². The molecule has 1 unspecified atom stereocenters. The summed E-state index contributed by atoms with van der Waals surface area (Å²) in [6.45, 7) is 6.72. The Kier molecular flexibility index (Phi) is 4.86. The molecule has 0 radical (unpaired) electrons. The van der Waals surface area contributed by atoms with Crippen molar-refractivity contribution in [3.63, 3.8) is 0 Å².